The number of methoxy groups -OCH3 is 1. The maximum atomic E-state index is 12.8. The largest absolute Gasteiger partial charge is 0.573 e. The number of aromatic nitrogens is 2. The number of pyridine rings is 1. The van der Waals surface area contributed by atoms with Gasteiger partial charge in [-0.25, -0.2) is 0 Å². The molecule has 0 unspecified atom stereocenters. The Kier molecular flexibility index (Phi) is 8.77. The molecule has 35 heavy (non-hydrogen) atoms. The Morgan fingerprint density at radius 2 is 1.94 bits per heavy atom. The normalized spacial score (nSPS) is 12.0. The van der Waals surface area contributed by atoms with Crippen LogP contribution in [0.2, 0.25) is 0 Å². The molecule has 0 saturated carbocycles. The van der Waals surface area contributed by atoms with Gasteiger partial charge in [-0.3, -0.25) is 14.6 Å². The van der Waals surface area contributed by atoms with Crippen molar-refractivity contribution in [1.29, 1.82) is 0 Å². The number of hydrogen-bond acceptors (Lipinski definition) is 6. The molecule has 0 atom stereocenters. The van der Waals surface area contributed by atoms with E-state index in [1.54, 1.807) is 29.0 Å². The highest BCUT2D eigenvalue weighted by Gasteiger charge is 2.31. The molecule has 2 heterocycles. The van der Waals surface area contributed by atoms with Crippen LogP contribution in [0.1, 0.15) is 22.5 Å². The second kappa shape index (κ2) is 11.8. The summed E-state index contributed by atoms with van der Waals surface area (Å²) in [5, 5.41) is 4.49. The summed E-state index contributed by atoms with van der Waals surface area (Å²) < 4.78 is 48.0. The molecule has 186 valence electrons. The van der Waals surface area contributed by atoms with Gasteiger partial charge in [-0.1, -0.05) is 6.07 Å². The van der Waals surface area contributed by atoms with Crippen molar-refractivity contribution in [2.24, 2.45) is 4.99 Å². The minimum Gasteiger partial charge on any atom is -0.406 e. The fourth-order valence-corrected chi connectivity index (χ4v) is 4.12. The van der Waals surface area contributed by atoms with Crippen molar-refractivity contribution in [2.75, 3.05) is 20.3 Å². The zero-order valence-electron chi connectivity index (χ0n) is 19.0. The molecule has 0 aliphatic rings. The number of nitrogens with one attached hydrogen (secondary N) is 1. The molecule has 0 radical (unpaired) electrons. The zero-order chi connectivity index (χ0) is 25.4. The van der Waals surface area contributed by atoms with Crippen LogP contribution in [0.15, 0.2) is 53.0 Å². The number of carbonyl (C=O) groups is 2. The molecule has 0 saturated heterocycles. The van der Waals surface area contributed by atoms with E-state index in [-0.39, 0.29) is 24.0 Å². The number of hydrogen-bond donors (Lipinski definition) is 1. The Morgan fingerprint density at radius 3 is 2.60 bits per heavy atom. The van der Waals surface area contributed by atoms with E-state index >= 15 is 0 Å². The maximum Gasteiger partial charge on any atom is 0.573 e. The highest BCUT2D eigenvalue weighted by Crippen LogP contribution is 2.27. The van der Waals surface area contributed by atoms with Crippen LogP contribution < -0.4 is 14.9 Å². The van der Waals surface area contributed by atoms with Crippen molar-refractivity contribution >= 4 is 23.2 Å². The van der Waals surface area contributed by atoms with Crippen LogP contribution in [0, 0.1) is 6.92 Å². The Labute approximate surface area is 203 Å². The molecule has 12 heteroatoms. The van der Waals surface area contributed by atoms with Crippen LogP contribution in [0.3, 0.4) is 0 Å². The van der Waals surface area contributed by atoms with E-state index < -0.39 is 12.3 Å². The predicted molar refractivity (Wildman–Crippen MR) is 123 cm³/mol. The third kappa shape index (κ3) is 7.49. The zero-order valence-corrected chi connectivity index (χ0v) is 19.8. The number of halogens is 3. The van der Waals surface area contributed by atoms with E-state index in [4.69, 9.17) is 4.74 Å². The first-order chi connectivity index (χ1) is 16.7. The lowest BCUT2D eigenvalue weighted by Crippen LogP contribution is -2.29. The average Bonchev–Trinajstić information content (AvgIpc) is 3.19. The lowest BCUT2D eigenvalue weighted by atomic mass is 10.1. The number of thiazole rings is 1. The SMILES string of the molecule is COCC(=O)NCCCn1c(-c2ccc(OC(F)(F)F)cc2)csc1=NC(=O)c1ncccc1C. The molecular formula is C23H23F3N4O4S. The minimum atomic E-state index is -4.78. The second-order valence-corrected chi connectivity index (χ2v) is 8.19. The first-order valence-electron chi connectivity index (χ1n) is 10.5. The fourth-order valence-electron chi connectivity index (χ4n) is 3.19. The first kappa shape index (κ1) is 26.1. The third-order valence-corrected chi connectivity index (χ3v) is 5.61. The number of rotatable bonds is 9. The van der Waals surface area contributed by atoms with Crippen LogP contribution in [0.25, 0.3) is 11.3 Å². The molecule has 2 amide bonds. The predicted octanol–water partition coefficient (Wildman–Crippen LogP) is 3.71. The van der Waals surface area contributed by atoms with Crippen LogP contribution in [-0.4, -0.2) is 48.0 Å². The van der Waals surface area contributed by atoms with E-state index in [0.717, 1.165) is 0 Å². The van der Waals surface area contributed by atoms with Crippen molar-refractivity contribution in [3.8, 4) is 17.0 Å². The summed E-state index contributed by atoms with van der Waals surface area (Å²) in [5.41, 5.74) is 2.18. The van der Waals surface area contributed by atoms with Crippen molar-refractivity contribution in [1.82, 2.24) is 14.9 Å². The van der Waals surface area contributed by atoms with E-state index in [9.17, 15) is 22.8 Å². The Morgan fingerprint density at radius 1 is 1.20 bits per heavy atom. The Bertz CT molecular complexity index is 1240. The van der Waals surface area contributed by atoms with Crippen LogP contribution in [0.4, 0.5) is 13.2 Å². The highest BCUT2D eigenvalue weighted by atomic mass is 32.1. The Balaban J connectivity index is 1.90. The standard InChI is InChI=1S/C23H23F3N4O4S/c1-15-5-3-10-28-20(15)21(32)29-22-30(12-4-11-27-19(31)13-33-2)18(14-35-22)16-6-8-17(9-7-16)34-23(24,25)26/h3,5-10,14H,4,11-13H2,1-2H3,(H,27,31). The number of amides is 2. The van der Waals surface area contributed by atoms with Crippen molar-refractivity contribution in [2.45, 2.75) is 26.3 Å². The van der Waals surface area contributed by atoms with Gasteiger partial charge in [0, 0.05) is 31.8 Å². The summed E-state index contributed by atoms with van der Waals surface area (Å²) >= 11 is 1.22. The number of carbonyl (C=O) groups excluding carboxylic acids is 2. The van der Waals surface area contributed by atoms with Gasteiger partial charge in [0.05, 0.1) is 5.69 Å². The smallest absolute Gasteiger partial charge is 0.406 e. The first-order valence-corrected chi connectivity index (χ1v) is 11.4. The molecule has 1 N–H and O–H groups in total. The van der Waals surface area contributed by atoms with Gasteiger partial charge in [-0.2, -0.15) is 4.99 Å². The number of benzene rings is 1. The van der Waals surface area contributed by atoms with Crippen molar-refractivity contribution in [3.05, 3.63) is 64.0 Å². The number of nitrogens with zero attached hydrogens (tertiary/aromatic N) is 3. The van der Waals surface area contributed by atoms with E-state index in [1.807, 2.05) is 0 Å². The van der Waals surface area contributed by atoms with Gasteiger partial charge in [0.25, 0.3) is 5.91 Å². The molecule has 8 nitrogen and oxygen atoms in total. The molecule has 1 aromatic carbocycles. The minimum absolute atomic E-state index is 0.0539. The topological polar surface area (TPSA) is 94.8 Å². The van der Waals surface area contributed by atoms with Crippen molar-refractivity contribution in [3.63, 3.8) is 0 Å². The van der Waals surface area contributed by atoms with Crippen molar-refractivity contribution < 1.29 is 32.2 Å². The molecule has 0 aliphatic carbocycles. The fraction of sp³-hybridized carbons (Fsp3) is 0.304. The molecule has 2 aromatic heterocycles. The molecule has 3 rings (SSSR count). The molecule has 3 aromatic rings. The van der Waals surface area contributed by atoms with Gasteiger partial charge in [0.1, 0.15) is 18.1 Å². The van der Waals surface area contributed by atoms with E-state index in [1.165, 1.54) is 48.9 Å². The summed E-state index contributed by atoms with van der Waals surface area (Å²) in [6, 6.07) is 8.91. The van der Waals surface area contributed by atoms with Gasteiger partial charge in [0.2, 0.25) is 5.91 Å². The third-order valence-electron chi connectivity index (χ3n) is 4.75. The van der Waals surface area contributed by atoms with Crippen LogP contribution >= 0.6 is 11.3 Å². The van der Waals surface area contributed by atoms with Gasteiger partial charge in [-0.05, 0) is 54.8 Å². The Hall–Kier alpha value is -3.51. The molecule has 0 bridgehead atoms. The molecule has 0 spiro atoms. The summed E-state index contributed by atoms with van der Waals surface area (Å²) in [7, 11) is 1.42. The maximum absolute atomic E-state index is 12.8. The lowest BCUT2D eigenvalue weighted by molar-refractivity contribution is -0.274. The van der Waals surface area contributed by atoms with Gasteiger partial charge < -0.3 is 19.4 Å². The lowest BCUT2D eigenvalue weighted by Gasteiger charge is -2.12. The summed E-state index contributed by atoms with van der Waals surface area (Å²) in [6.07, 6.45) is -2.76. The number of ether oxygens (including phenoxy) is 2. The van der Waals surface area contributed by atoms with E-state index in [2.05, 4.69) is 20.0 Å². The second-order valence-electron chi connectivity index (χ2n) is 7.35. The summed E-state index contributed by atoms with van der Waals surface area (Å²) in [6.45, 7) is 2.45. The highest BCUT2D eigenvalue weighted by molar-refractivity contribution is 7.07. The van der Waals surface area contributed by atoms with Gasteiger partial charge in [-0.15, -0.1) is 24.5 Å². The quantitative estimate of drug-likeness (QED) is 0.445. The summed E-state index contributed by atoms with van der Waals surface area (Å²) in [5.74, 6) is -1.10. The number of aryl methyl sites for hydroxylation is 1. The average molecular weight is 509 g/mol. The van der Waals surface area contributed by atoms with E-state index in [0.29, 0.717) is 41.1 Å². The summed E-state index contributed by atoms with van der Waals surface area (Å²) in [4.78, 5) is 33.1. The van der Waals surface area contributed by atoms with Crippen LogP contribution in [0.5, 0.6) is 5.75 Å². The number of alkyl halides is 3. The van der Waals surface area contributed by atoms with Gasteiger partial charge in [0.15, 0.2) is 4.80 Å². The van der Waals surface area contributed by atoms with Gasteiger partial charge >= 0.3 is 6.36 Å². The molecule has 0 aliphatic heterocycles. The molecular weight excluding hydrogens is 485 g/mol. The van der Waals surface area contributed by atoms with Crippen LogP contribution in [-0.2, 0) is 16.1 Å². The molecule has 0 fully saturated rings. The monoisotopic (exact) mass is 508 g/mol.